The monoisotopic (exact) mass is 614 g/mol. The molecule has 4 nitrogen and oxygen atoms in total. The van der Waals surface area contributed by atoms with Crippen LogP contribution in [-0.2, 0) is 12.8 Å². The normalized spacial score (nSPS) is 12.3. The maximum atomic E-state index is 15.4. The van der Waals surface area contributed by atoms with E-state index < -0.39 is 43.5 Å². The maximum Gasteiger partial charge on any atom is 0.179 e. The second-order valence-electron chi connectivity index (χ2n) is 9.31. The first-order chi connectivity index (χ1) is 19.8. The molecule has 11 heteroatoms. The zero-order valence-electron chi connectivity index (χ0n) is 22.6. The molecular weight excluding hydrogens is 589 g/mol. The van der Waals surface area contributed by atoms with E-state index in [9.17, 15) is 29.8 Å². The van der Waals surface area contributed by atoms with Gasteiger partial charge in [0.2, 0.25) is 0 Å². The molecule has 3 heterocycles. The van der Waals surface area contributed by atoms with Crippen LogP contribution >= 0.6 is 34.0 Å². The summed E-state index contributed by atoms with van der Waals surface area (Å²) in [4.78, 5) is 0. The molecule has 0 aromatic carbocycles. The predicted molar refractivity (Wildman–Crippen MR) is 152 cm³/mol. The van der Waals surface area contributed by atoms with Gasteiger partial charge in [-0.15, -0.1) is 34.0 Å². The van der Waals surface area contributed by atoms with Gasteiger partial charge in [-0.2, -0.15) is 21.0 Å². The van der Waals surface area contributed by atoms with Crippen LogP contribution in [0.15, 0.2) is 0 Å². The summed E-state index contributed by atoms with van der Waals surface area (Å²) in [5.41, 5.74) is 0.315. The van der Waals surface area contributed by atoms with Crippen molar-refractivity contribution in [2.45, 2.75) is 78.1 Å². The summed E-state index contributed by atoms with van der Waals surface area (Å²) in [6.45, 7) is 4.13. The largest absolute Gasteiger partial charge is 0.202 e. The quantitative estimate of drug-likeness (QED) is 0.173. The van der Waals surface area contributed by atoms with Crippen molar-refractivity contribution < 1.29 is 17.6 Å². The van der Waals surface area contributed by atoms with Crippen LogP contribution in [0.2, 0.25) is 0 Å². The molecule has 0 fully saturated rings. The Bertz CT molecular complexity index is 1760. The van der Waals surface area contributed by atoms with Crippen molar-refractivity contribution in [3.8, 4) is 24.3 Å². The third kappa shape index (κ3) is 6.71. The molecule has 212 valence electrons. The Morgan fingerprint density at radius 2 is 0.878 bits per heavy atom. The van der Waals surface area contributed by atoms with E-state index in [1.54, 1.807) is 24.3 Å². The summed E-state index contributed by atoms with van der Waals surface area (Å²) < 4.78 is 60.4. The van der Waals surface area contributed by atoms with Gasteiger partial charge in [-0.05, 0) is 36.8 Å². The van der Waals surface area contributed by atoms with Gasteiger partial charge >= 0.3 is 0 Å². The molecule has 0 amide bonds. The second-order valence-corrected chi connectivity index (χ2v) is 12.4. The molecule has 0 aliphatic rings. The van der Waals surface area contributed by atoms with Gasteiger partial charge in [-0.3, -0.25) is 0 Å². The SMILES string of the molecule is CCCCCCc1c(CCCCCC)/c(=c2\sc(=C(C#N)C#N)c(F)c2F)s/c1=c1/sc(=C(C#N)C#N)c(F)c1F. The highest BCUT2D eigenvalue weighted by Gasteiger charge is 2.20. The third-order valence-electron chi connectivity index (χ3n) is 6.58. The minimum atomic E-state index is -1.29. The molecule has 0 N–H and O–H groups in total. The fourth-order valence-electron chi connectivity index (χ4n) is 4.50. The Labute approximate surface area is 247 Å². The molecular formula is C30H26F4N4S3. The molecule has 0 radical (unpaired) electrons. The van der Waals surface area contributed by atoms with Gasteiger partial charge in [0.1, 0.15) is 35.4 Å². The van der Waals surface area contributed by atoms with Gasteiger partial charge in [0.15, 0.2) is 23.3 Å². The van der Waals surface area contributed by atoms with Crippen molar-refractivity contribution in [2.24, 2.45) is 0 Å². The highest BCUT2D eigenvalue weighted by Crippen LogP contribution is 2.30. The Hall–Kier alpha value is -3.48. The fraction of sp³-hybridized carbons (Fsp3) is 0.400. The van der Waals surface area contributed by atoms with E-state index in [2.05, 4.69) is 13.8 Å². The molecule has 0 spiro atoms. The van der Waals surface area contributed by atoms with E-state index in [4.69, 9.17) is 0 Å². The van der Waals surface area contributed by atoms with Gasteiger partial charge in [-0.1, -0.05) is 52.4 Å². The lowest BCUT2D eigenvalue weighted by atomic mass is 9.99. The highest BCUT2D eigenvalue weighted by atomic mass is 32.1. The van der Waals surface area contributed by atoms with Gasteiger partial charge in [-0.25, -0.2) is 17.6 Å². The summed E-state index contributed by atoms with van der Waals surface area (Å²) in [6.07, 6.45) is 8.16. The average Bonchev–Trinajstić information content (AvgIpc) is 3.58. The van der Waals surface area contributed by atoms with Gasteiger partial charge in [0.05, 0.1) is 27.2 Å². The first-order valence-corrected chi connectivity index (χ1v) is 15.7. The minimum absolute atomic E-state index is 0.101. The summed E-state index contributed by atoms with van der Waals surface area (Å²) >= 11 is 2.31. The maximum absolute atomic E-state index is 15.4. The molecule has 3 aromatic heterocycles. The van der Waals surface area contributed by atoms with Crippen LogP contribution in [0.4, 0.5) is 17.6 Å². The Morgan fingerprint density at radius 1 is 0.512 bits per heavy atom. The Kier molecular flexibility index (Phi) is 11.7. The Balaban J connectivity index is 2.63. The fourth-order valence-corrected chi connectivity index (χ4v) is 8.21. The van der Waals surface area contributed by atoms with Crippen LogP contribution in [0.5, 0.6) is 0 Å². The molecule has 0 saturated heterocycles. The molecule has 3 rings (SSSR count). The molecule has 0 saturated carbocycles. The van der Waals surface area contributed by atoms with Crippen molar-refractivity contribution in [2.75, 3.05) is 0 Å². The summed E-state index contributed by atoms with van der Waals surface area (Å²) in [5, 5.41) is 37.1. The zero-order valence-corrected chi connectivity index (χ0v) is 25.0. The molecule has 41 heavy (non-hydrogen) atoms. The molecule has 3 aromatic rings. The second kappa shape index (κ2) is 14.9. The van der Waals surface area contributed by atoms with Crippen LogP contribution in [0.1, 0.15) is 76.3 Å². The van der Waals surface area contributed by atoms with Crippen molar-refractivity contribution in [3.05, 3.63) is 61.6 Å². The smallest absolute Gasteiger partial charge is 0.179 e. The van der Waals surface area contributed by atoms with Crippen LogP contribution in [-0.4, -0.2) is 0 Å². The summed E-state index contributed by atoms with van der Waals surface area (Å²) in [6, 6.07) is 6.41. The number of halogens is 4. The van der Waals surface area contributed by atoms with Gasteiger partial charge < -0.3 is 0 Å². The lowest BCUT2D eigenvalue weighted by molar-refractivity contribution is 0.508. The number of hydrogen-bond donors (Lipinski definition) is 0. The van der Waals surface area contributed by atoms with Crippen LogP contribution in [0, 0.1) is 86.7 Å². The number of thiophene rings is 3. The van der Waals surface area contributed by atoms with Crippen molar-refractivity contribution in [1.29, 1.82) is 21.0 Å². The first kappa shape index (κ1) is 32.0. The van der Waals surface area contributed by atoms with Crippen molar-refractivity contribution in [1.82, 2.24) is 0 Å². The predicted octanol–water partition coefficient (Wildman–Crippen LogP) is 7.64. The van der Waals surface area contributed by atoms with Gasteiger partial charge in [0, 0.05) is 0 Å². The van der Waals surface area contributed by atoms with E-state index in [-0.39, 0.29) is 9.06 Å². The lowest BCUT2D eigenvalue weighted by Gasteiger charge is -2.06. The topological polar surface area (TPSA) is 95.2 Å². The first-order valence-electron chi connectivity index (χ1n) is 13.2. The zero-order chi connectivity index (χ0) is 30.1. The van der Waals surface area contributed by atoms with E-state index in [0.717, 1.165) is 62.7 Å². The molecule has 0 atom stereocenters. The summed E-state index contributed by atoms with van der Waals surface area (Å²) in [7, 11) is 0. The molecule has 0 bridgehead atoms. The third-order valence-corrected chi connectivity index (χ3v) is 10.5. The van der Waals surface area contributed by atoms with E-state index in [1.807, 2.05) is 0 Å². The van der Waals surface area contributed by atoms with Gasteiger partial charge in [0.25, 0.3) is 0 Å². The lowest BCUT2D eigenvalue weighted by Crippen LogP contribution is -2.03. The Morgan fingerprint density at radius 3 is 1.20 bits per heavy atom. The average molecular weight is 615 g/mol. The minimum Gasteiger partial charge on any atom is -0.202 e. The van der Waals surface area contributed by atoms with Crippen LogP contribution in [0.25, 0.3) is 11.1 Å². The number of unbranched alkanes of at least 4 members (excludes halogenated alkanes) is 6. The van der Waals surface area contributed by atoms with E-state index in [0.29, 0.717) is 55.7 Å². The standard InChI is InChI=1S/C30H26F4N4S3/c1-3-5-7-9-11-19-20(12-10-8-6-4-2)28(30-24(34)22(32)26(40-30)18(15-37)16-38)41-27(19)29-23(33)21(31)25(39-29)17(13-35)14-36/h3-12H2,1-2H3/b29-27+,30-28+. The number of hydrogen-bond acceptors (Lipinski definition) is 7. The summed E-state index contributed by atoms with van der Waals surface area (Å²) in [5.74, 6) is -4.98. The van der Waals surface area contributed by atoms with E-state index >= 15 is 8.78 Å². The van der Waals surface area contributed by atoms with Crippen LogP contribution < -0.4 is 9.06 Å². The number of rotatable bonds is 10. The highest BCUT2D eigenvalue weighted by molar-refractivity contribution is 7.13. The van der Waals surface area contributed by atoms with Crippen molar-refractivity contribution in [3.63, 3.8) is 0 Å². The number of nitriles is 4. The van der Waals surface area contributed by atoms with Crippen LogP contribution in [0.3, 0.4) is 0 Å². The van der Waals surface area contributed by atoms with E-state index in [1.165, 1.54) is 0 Å². The molecule has 0 unspecified atom stereocenters. The van der Waals surface area contributed by atoms with Crippen molar-refractivity contribution >= 4 is 45.2 Å². The molecule has 0 aliphatic carbocycles. The molecule has 0 aliphatic heterocycles. The number of nitrogens with zero attached hydrogens (tertiary/aromatic N) is 4.